The van der Waals surface area contributed by atoms with E-state index in [1.54, 1.807) is 18.2 Å². The first-order valence-corrected chi connectivity index (χ1v) is 8.89. The summed E-state index contributed by atoms with van der Waals surface area (Å²) in [4.78, 5) is 25.6. The summed E-state index contributed by atoms with van der Waals surface area (Å²) in [5.74, 6) is -0.305. The highest BCUT2D eigenvalue weighted by molar-refractivity contribution is 6.11. The Morgan fingerprint density at radius 3 is 2.58 bits per heavy atom. The summed E-state index contributed by atoms with van der Waals surface area (Å²) in [6.07, 6.45) is 1.79. The number of unbranched alkanes of at least 4 members (excludes halogenated alkanes) is 1. The molecule has 0 saturated carbocycles. The van der Waals surface area contributed by atoms with Crippen LogP contribution in [0.5, 0.6) is 0 Å². The number of fused-ring (bicyclic) bond motifs is 1. The van der Waals surface area contributed by atoms with Crippen LogP contribution >= 0.6 is 0 Å². The molecule has 134 valence electrons. The lowest BCUT2D eigenvalue weighted by Gasteiger charge is -2.12. The van der Waals surface area contributed by atoms with Gasteiger partial charge in [0, 0.05) is 17.6 Å². The molecular weight excluding hydrogens is 326 g/mol. The molecule has 0 aliphatic heterocycles. The Labute approximate surface area is 152 Å². The number of nitrogens with one attached hydrogen (secondary N) is 1. The summed E-state index contributed by atoms with van der Waals surface area (Å²) in [6, 6.07) is 13.0. The highest BCUT2D eigenvalue weighted by Crippen LogP contribution is 2.19. The molecule has 1 amide bonds. The first kappa shape index (κ1) is 17.9. The maximum atomic E-state index is 12.9. The Balaban J connectivity index is 2.08. The predicted octanol–water partition coefficient (Wildman–Crippen LogP) is 4.07. The standard InChI is InChI=1S/C21H23N3O2/c1-4-5-12-24-21(26)17-9-7-6-8-16(17)19(23-24)20(25)22-18-13-14(2)10-11-15(18)3/h6-11,13H,4-5,12H2,1-3H3,(H,22,25). The molecule has 3 rings (SSSR count). The Bertz CT molecular complexity index is 1020. The van der Waals surface area contributed by atoms with Gasteiger partial charge in [-0.25, -0.2) is 4.68 Å². The second-order valence-electron chi connectivity index (χ2n) is 6.55. The maximum Gasteiger partial charge on any atom is 0.276 e. The first-order chi connectivity index (χ1) is 12.5. The number of anilines is 1. The summed E-state index contributed by atoms with van der Waals surface area (Å²) in [5.41, 5.74) is 2.92. The summed E-state index contributed by atoms with van der Waals surface area (Å²) in [7, 11) is 0. The van der Waals surface area contributed by atoms with Gasteiger partial charge < -0.3 is 5.32 Å². The van der Waals surface area contributed by atoms with Crippen LogP contribution in [0.15, 0.2) is 47.3 Å². The predicted molar refractivity (Wildman–Crippen MR) is 105 cm³/mol. The van der Waals surface area contributed by atoms with E-state index in [-0.39, 0.29) is 17.2 Å². The van der Waals surface area contributed by atoms with Crippen LogP contribution in [0.25, 0.3) is 10.8 Å². The van der Waals surface area contributed by atoms with Crippen molar-refractivity contribution in [2.75, 3.05) is 5.32 Å². The van der Waals surface area contributed by atoms with Crippen molar-refractivity contribution in [2.24, 2.45) is 0 Å². The monoisotopic (exact) mass is 349 g/mol. The summed E-state index contributed by atoms with van der Waals surface area (Å²) in [6.45, 7) is 6.49. The van der Waals surface area contributed by atoms with Gasteiger partial charge in [-0.3, -0.25) is 9.59 Å². The van der Waals surface area contributed by atoms with Gasteiger partial charge in [0.05, 0.1) is 5.39 Å². The van der Waals surface area contributed by atoms with Gasteiger partial charge in [-0.1, -0.05) is 43.7 Å². The van der Waals surface area contributed by atoms with Gasteiger partial charge in [-0.15, -0.1) is 0 Å². The number of aromatic nitrogens is 2. The topological polar surface area (TPSA) is 64.0 Å². The molecular formula is C21H23N3O2. The molecule has 3 aromatic rings. The van der Waals surface area contributed by atoms with E-state index in [1.807, 2.05) is 38.1 Å². The third-order valence-corrected chi connectivity index (χ3v) is 4.45. The van der Waals surface area contributed by atoms with Crippen molar-refractivity contribution in [3.8, 4) is 0 Å². The molecule has 1 N–H and O–H groups in total. The zero-order valence-corrected chi connectivity index (χ0v) is 15.4. The number of nitrogens with zero attached hydrogens (tertiary/aromatic N) is 2. The van der Waals surface area contributed by atoms with Gasteiger partial charge in [-0.05, 0) is 43.5 Å². The van der Waals surface area contributed by atoms with Crippen LogP contribution in [0.4, 0.5) is 5.69 Å². The van der Waals surface area contributed by atoms with E-state index in [4.69, 9.17) is 0 Å². The number of aryl methyl sites for hydroxylation is 3. The van der Waals surface area contributed by atoms with Crippen molar-refractivity contribution in [3.63, 3.8) is 0 Å². The van der Waals surface area contributed by atoms with Crippen LogP contribution in [0.1, 0.15) is 41.4 Å². The fourth-order valence-electron chi connectivity index (χ4n) is 2.91. The molecule has 5 heteroatoms. The molecule has 0 radical (unpaired) electrons. The highest BCUT2D eigenvalue weighted by atomic mass is 16.2. The lowest BCUT2D eigenvalue weighted by molar-refractivity contribution is 0.102. The Morgan fingerprint density at radius 2 is 1.85 bits per heavy atom. The molecule has 0 aliphatic rings. The van der Waals surface area contributed by atoms with Crippen LogP contribution < -0.4 is 10.9 Å². The maximum absolute atomic E-state index is 12.9. The number of hydrogen-bond acceptors (Lipinski definition) is 3. The van der Waals surface area contributed by atoms with Crippen molar-refractivity contribution < 1.29 is 4.79 Å². The minimum absolute atomic E-state index is 0.155. The molecule has 26 heavy (non-hydrogen) atoms. The Hall–Kier alpha value is -2.95. The largest absolute Gasteiger partial charge is 0.320 e. The molecule has 1 heterocycles. The van der Waals surface area contributed by atoms with Crippen LogP contribution in [0, 0.1) is 13.8 Å². The minimum Gasteiger partial charge on any atom is -0.320 e. The van der Waals surface area contributed by atoms with Crippen molar-refractivity contribution in [3.05, 3.63) is 69.6 Å². The molecule has 0 atom stereocenters. The summed E-state index contributed by atoms with van der Waals surface area (Å²) < 4.78 is 1.41. The normalized spacial score (nSPS) is 10.9. The Morgan fingerprint density at radius 1 is 1.12 bits per heavy atom. The fraction of sp³-hybridized carbons (Fsp3) is 0.286. The highest BCUT2D eigenvalue weighted by Gasteiger charge is 2.17. The van der Waals surface area contributed by atoms with Gasteiger partial charge >= 0.3 is 0 Å². The van der Waals surface area contributed by atoms with Gasteiger partial charge in [0.2, 0.25) is 0 Å². The van der Waals surface area contributed by atoms with E-state index in [2.05, 4.69) is 17.3 Å². The van der Waals surface area contributed by atoms with E-state index in [0.29, 0.717) is 17.3 Å². The van der Waals surface area contributed by atoms with Crippen LogP contribution in [-0.4, -0.2) is 15.7 Å². The molecule has 0 bridgehead atoms. The average molecular weight is 349 g/mol. The van der Waals surface area contributed by atoms with Gasteiger partial charge in [-0.2, -0.15) is 5.10 Å². The van der Waals surface area contributed by atoms with Crippen molar-refractivity contribution in [1.82, 2.24) is 9.78 Å². The van der Waals surface area contributed by atoms with Gasteiger partial charge in [0.15, 0.2) is 5.69 Å². The van der Waals surface area contributed by atoms with Crippen LogP contribution in [0.2, 0.25) is 0 Å². The number of hydrogen-bond donors (Lipinski definition) is 1. The molecule has 0 unspecified atom stereocenters. The van der Waals surface area contributed by atoms with E-state index < -0.39 is 0 Å². The summed E-state index contributed by atoms with van der Waals surface area (Å²) >= 11 is 0. The zero-order valence-electron chi connectivity index (χ0n) is 15.4. The second-order valence-corrected chi connectivity index (χ2v) is 6.55. The molecule has 0 spiro atoms. The zero-order chi connectivity index (χ0) is 18.7. The quantitative estimate of drug-likeness (QED) is 0.755. The molecule has 1 aromatic heterocycles. The van der Waals surface area contributed by atoms with E-state index >= 15 is 0 Å². The molecule has 5 nitrogen and oxygen atoms in total. The summed E-state index contributed by atoms with van der Waals surface area (Å²) in [5, 5.41) is 8.42. The fourth-order valence-corrected chi connectivity index (χ4v) is 2.91. The van der Waals surface area contributed by atoms with Crippen molar-refractivity contribution in [2.45, 2.75) is 40.2 Å². The van der Waals surface area contributed by atoms with Gasteiger partial charge in [0.1, 0.15) is 0 Å². The van der Waals surface area contributed by atoms with Crippen LogP contribution in [-0.2, 0) is 6.54 Å². The molecule has 0 aliphatic carbocycles. The third kappa shape index (κ3) is 3.52. The van der Waals surface area contributed by atoms with E-state index in [0.717, 1.165) is 29.7 Å². The van der Waals surface area contributed by atoms with E-state index in [1.165, 1.54) is 4.68 Å². The van der Waals surface area contributed by atoms with E-state index in [9.17, 15) is 9.59 Å². The SMILES string of the molecule is CCCCn1nc(C(=O)Nc2cc(C)ccc2C)c2ccccc2c1=O. The molecule has 0 fully saturated rings. The molecule has 0 saturated heterocycles. The number of carbonyl (C=O) groups is 1. The average Bonchev–Trinajstić information content (AvgIpc) is 2.64. The van der Waals surface area contributed by atoms with Crippen molar-refractivity contribution >= 4 is 22.4 Å². The minimum atomic E-state index is -0.305. The number of amides is 1. The van der Waals surface area contributed by atoms with Gasteiger partial charge in [0.25, 0.3) is 11.5 Å². The number of benzene rings is 2. The molecule has 2 aromatic carbocycles. The number of carbonyl (C=O) groups excluding carboxylic acids is 1. The lowest BCUT2D eigenvalue weighted by atomic mass is 10.1. The first-order valence-electron chi connectivity index (χ1n) is 8.89. The second kappa shape index (κ2) is 7.52. The Kier molecular flexibility index (Phi) is 5.16. The van der Waals surface area contributed by atoms with Crippen LogP contribution in [0.3, 0.4) is 0 Å². The third-order valence-electron chi connectivity index (χ3n) is 4.45. The number of rotatable bonds is 5. The van der Waals surface area contributed by atoms with Crippen molar-refractivity contribution in [1.29, 1.82) is 0 Å². The smallest absolute Gasteiger partial charge is 0.276 e. The lowest BCUT2D eigenvalue weighted by Crippen LogP contribution is -2.27.